The monoisotopic (exact) mass is 421 g/mol. The molecule has 28 heavy (non-hydrogen) atoms. The molecule has 0 aliphatic carbocycles. The van der Waals surface area contributed by atoms with Crippen molar-refractivity contribution in [3.8, 4) is 11.5 Å². The number of halogens is 2. The lowest BCUT2D eigenvalue weighted by molar-refractivity contribution is 0.234. The molecule has 1 N–H and O–H groups in total. The van der Waals surface area contributed by atoms with Gasteiger partial charge in [-0.15, -0.1) is 10.2 Å². The Morgan fingerprint density at radius 2 is 1.82 bits per heavy atom. The summed E-state index contributed by atoms with van der Waals surface area (Å²) in [5, 5.41) is 9.40. The molecule has 0 atom stereocenters. The van der Waals surface area contributed by atoms with Gasteiger partial charge in [-0.3, -0.25) is 0 Å². The van der Waals surface area contributed by atoms with Crippen LogP contribution in [0, 0.1) is 0 Å². The summed E-state index contributed by atoms with van der Waals surface area (Å²) in [6, 6.07) is 13.1. The van der Waals surface area contributed by atoms with Crippen LogP contribution in [0.4, 0.5) is 8.78 Å². The Kier molecular flexibility index (Phi) is 4.90. The predicted octanol–water partition coefficient (Wildman–Crippen LogP) is 4.51. The molecule has 0 saturated carbocycles. The van der Waals surface area contributed by atoms with Gasteiger partial charge in [0, 0.05) is 22.9 Å². The SMILES string of the molecule is O=S(=O)(c1ccc(CSc2nnc(-c3c[nH]c4ccccc34)o2)cc1)C(F)F. The molecule has 144 valence electrons. The molecule has 4 aromatic rings. The second kappa shape index (κ2) is 7.36. The first-order valence-electron chi connectivity index (χ1n) is 8.09. The Balaban J connectivity index is 1.47. The van der Waals surface area contributed by atoms with Crippen molar-refractivity contribution in [1.29, 1.82) is 0 Å². The molecule has 0 radical (unpaired) electrons. The Morgan fingerprint density at radius 3 is 2.57 bits per heavy atom. The average molecular weight is 421 g/mol. The van der Waals surface area contributed by atoms with Crippen molar-refractivity contribution in [2.75, 3.05) is 0 Å². The number of rotatable bonds is 6. The Bertz CT molecular complexity index is 1220. The molecule has 0 aliphatic rings. The Morgan fingerprint density at radius 1 is 1.07 bits per heavy atom. The molecule has 4 rings (SSSR count). The van der Waals surface area contributed by atoms with Gasteiger partial charge in [-0.2, -0.15) is 8.78 Å². The largest absolute Gasteiger partial charge is 0.411 e. The van der Waals surface area contributed by atoms with E-state index in [0.29, 0.717) is 16.9 Å². The van der Waals surface area contributed by atoms with Crippen molar-refractivity contribution in [1.82, 2.24) is 15.2 Å². The van der Waals surface area contributed by atoms with Gasteiger partial charge >= 0.3 is 5.76 Å². The molecule has 0 amide bonds. The van der Waals surface area contributed by atoms with Crippen molar-refractivity contribution in [3.63, 3.8) is 0 Å². The second-order valence-corrected chi connectivity index (χ2v) is 8.70. The lowest BCUT2D eigenvalue weighted by Crippen LogP contribution is -2.11. The molecule has 0 aliphatic heterocycles. The standard InChI is InChI=1S/C18H13F2N3O3S2/c19-17(20)28(24,25)12-7-5-11(6-8-12)10-27-18-23-22-16(26-18)14-9-21-15-4-2-1-3-13(14)15/h1-9,17,21H,10H2. The van der Waals surface area contributed by atoms with Crippen LogP contribution in [-0.4, -0.2) is 29.4 Å². The van der Waals surface area contributed by atoms with Crippen LogP contribution >= 0.6 is 11.8 Å². The average Bonchev–Trinajstić information content (AvgIpc) is 3.33. The van der Waals surface area contributed by atoms with E-state index in [1.165, 1.54) is 36.0 Å². The minimum Gasteiger partial charge on any atom is -0.411 e. The third-order valence-electron chi connectivity index (χ3n) is 4.07. The number of H-pyrrole nitrogens is 1. The maximum absolute atomic E-state index is 12.6. The van der Waals surface area contributed by atoms with Crippen LogP contribution in [0.2, 0.25) is 0 Å². The lowest BCUT2D eigenvalue weighted by atomic mass is 10.2. The van der Waals surface area contributed by atoms with Gasteiger partial charge in [0.25, 0.3) is 11.1 Å². The number of hydrogen-bond donors (Lipinski definition) is 1. The van der Waals surface area contributed by atoms with Crippen molar-refractivity contribution in [3.05, 3.63) is 60.3 Å². The molecule has 2 aromatic heterocycles. The summed E-state index contributed by atoms with van der Waals surface area (Å²) < 4.78 is 53.7. The van der Waals surface area contributed by atoms with Gasteiger partial charge in [0.1, 0.15) is 0 Å². The van der Waals surface area contributed by atoms with Crippen LogP contribution < -0.4 is 0 Å². The molecule has 0 unspecified atom stereocenters. The fourth-order valence-corrected chi connectivity index (χ4v) is 4.09. The number of alkyl halides is 2. The maximum Gasteiger partial charge on any atom is 0.341 e. The highest BCUT2D eigenvalue weighted by atomic mass is 32.2. The van der Waals surface area contributed by atoms with Crippen molar-refractivity contribution in [2.24, 2.45) is 0 Å². The van der Waals surface area contributed by atoms with E-state index in [9.17, 15) is 17.2 Å². The van der Waals surface area contributed by atoms with Crippen LogP contribution in [0.3, 0.4) is 0 Å². The highest BCUT2D eigenvalue weighted by molar-refractivity contribution is 7.98. The van der Waals surface area contributed by atoms with Crippen molar-refractivity contribution >= 4 is 32.5 Å². The van der Waals surface area contributed by atoms with E-state index in [-0.39, 0.29) is 0 Å². The fraction of sp³-hybridized carbons (Fsp3) is 0.111. The molecular formula is C18H13F2N3O3S2. The molecule has 0 fully saturated rings. The molecule has 10 heteroatoms. The second-order valence-electron chi connectivity index (χ2n) is 5.86. The molecule has 2 aromatic carbocycles. The van der Waals surface area contributed by atoms with E-state index in [0.717, 1.165) is 22.0 Å². The summed E-state index contributed by atoms with van der Waals surface area (Å²) in [4.78, 5) is 2.74. The number of para-hydroxylation sites is 1. The summed E-state index contributed by atoms with van der Waals surface area (Å²) in [5.74, 6) is -2.63. The van der Waals surface area contributed by atoms with Gasteiger partial charge in [0.2, 0.25) is 9.84 Å². The van der Waals surface area contributed by atoms with Gasteiger partial charge < -0.3 is 9.40 Å². The molecule has 0 bridgehead atoms. The van der Waals surface area contributed by atoms with E-state index in [4.69, 9.17) is 4.42 Å². The minimum atomic E-state index is -4.58. The molecule has 6 nitrogen and oxygen atoms in total. The quantitative estimate of drug-likeness (QED) is 0.461. The smallest absolute Gasteiger partial charge is 0.341 e. The molecule has 0 spiro atoms. The first kappa shape index (κ1) is 18.6. The normalized spacial score (nSPS) is 12.1. The van der Waals surface area contributed by atoms with Crippen LogP contribution in [0.5, 0.6) is 0 Å². The molecule has 2 heterocycles. The van der Waals surface area contributed by atoms with Gasteiger partial charge in [-0.1, -0.05) is 42.1 Å². The summed E-state index contributed by atoms with van der Waals surface area (Å²) in [6.45, 7) is 0. The van der Waals surface area contributed by atoms with E-state index < -0.39 is 20.5 Å². The molecular weight excluding hydrogens is 408 g/mol. The summed E-state index contributed by atoms with van der Waals surface area (Å²) >= 11 is 1.27. The zero-order chi connectivity index (χ0) is 19.7. The Labute approximate surface area is 162 Å². The van der Waals surface area contributed by atoms with Gasteiger partial charge in [-0.25, -0.2) is 8.42 Å². The first-order valence-corrected chi connectivity index (χ1v) is 10.6. The van der Waals surface area contributed by atoms with E-state index in [1.807, 2.05) is 24.3 Å². The van der Waals surface area contributed by atoms with E-state index >= 15 is 0 Å². The van der Waals surface area contributed by atoms with Gasteiger partial charge in [0.15, 0.2) is 0 Å². The number of thioether (sulfide) groups is 1. The van der Waals surface area contributed by atoms with E-state index in [1.54, 1.807) is 6.20 Å². The number of sulfone groups is 1. The van der Waals surface area contributed by atoms with Gasteiger partial charge in [0.05, 0.1) is 10.5 Å². The first-order chi connectivity index (χ1) is 13.4. The van der Waals surface area contributed by atoms with Crippen LogP contribution in [-0.2, 0) is 15.6 Å². The zero-order valence-electron chi connectivity index (χ0n) is 14.2. The van der Waals surface area contributed by atoms with Crippen LogP contribution in [0.15, 0.2) is 69.3 Å². The number of nitrogens with one attached hydrogen (secondary N) is 1. The number of aromatic nitrogens is 3. The van der Waals surface area contributed by atoms with Crippen LogP contribution in [0.25, 0.3) is 22.4 Å². The number of hydrogen-bond acceptors (Lipinski definition) is 6. The Hall–Kier alpha value is -2.72. The summed E-state index contributed by atoms with van der Waals surface area (Å²) in [5.41, 5.74) is 2.50. The third kappa shape index (κ3) is 3.52. The van der Waals surface area contributed by atoms with Crippen molar-refractivity contribution < 1.29 is 21.6 Å². The molecule has 0 saturated heterocycles. The number of nitrogens with zero attached hydrogens (tertiary/aromatic N) is 2. The highest BCUT2D eigenvalue weighted by Gasteiger charge is 2.26. The highest BCUT2D eigenvalue weighted by Crippen LogP contribution is 2.30. The van der Waals surface area contributed by atoms with Crippen LogP contribution in [0.1, 0.15) is 5.56 Å². The number of benzene rings is 2. The maximum atomic E-state index is 12.6. The topological polar surface area (TPSA) is 88.9 Å². The predicted molar refractivity (Wildman–Crippen MR) is 101 cm³/mol. The number of fused-ring (bicyclic) bond motifs is 1. The number of aromatic amines is 1. The van der Waals surface area contributed by atoms with E-state index in [2.05, 4.69) is 15.2 Å². The third-order valence-corrected chi connectivity index (χ3v) is 6.36. The van der Waals surface area contributed by atoms with Crippen molar-refractivity contribution in [2.45, 2.75) is 21.6 Å². The summed E-state index contributed by atoms with van der Waals surface area (Å²) in [7, 11) is -4.58. The fourth-order valence-electron chi connectivity index (χ4n) is 2.65. The lowest BCUT2D eigenvalue weighted by Gasteiger charge is -2.04. The van der Waals surface area contributed by atoms with Gasteiger partial charge in [-0.05, 0) is 23.8 Å². The summed E-state index contributed by atoms with van der Waals surface area (Å²) in [6.07, 6.45) is 1.80. The minimum absolute atomic E-state index is 0.351. The zero-order valence-corrected chi connectivity index (χ0v) is 15.8.